The molecular weight excluding hydrogens is 554 g/mol. The van der Waals surface area contributed by atoms with Crippen LogP contribution in [0.15, 0.2) is 132 Å². The third kappa shape index (κ3) is 6.91. The zero-order chi connectivity index (χ0) is 29.6. The molecule has 1 heterocycles. The van der Waals surface area contributed by atoms with Gasteiger partial charge in [-0.05, 0) is 64.6 Å². The van der Waals surface area contributed by atoms with E-state index in [2.05, 4.69) is 17.4 Å². The number of aromatic nitrogens is 2. The van der Waals surface area contributed by atoms with E-state index in [1.165, 1.54) is 0 Å². The summed E-state index contributed by atoms with van der Waals surface area (Å²) in [6, 6.07) is 41.2. The third-order valence-electron chi connectivity index (χ3n) is 7.48. The minimum absolute atomic E-state index is 0.0991. The molecule has 1 N–H and O–H groups in total. The predicted molar refractivity (Wildman–Crippen MR) is 175 cm³/mol. The summed E-state index contributed by atoms with van der Waals surface area (Å²) in [7, 11) is 0. The second kappa shape index (κ2) is 12.9. The quantitative estimate of drug-likeness (QED) is 0.188. The highest BCUT2D eigenvalue weighted by Gasteiger charge is 2.14. The summed E-state index contributed by atoms with van der Waals surface area (Å²) in [5.74, 6) is 0.586. The fourth-order valence-corrected chi connectivity index (χ4v) is 5.30. The van der Waals surface area contributed by atoms with Gasteiger partial charge in [-0.1, -0.05) is 109 Å². The molecule has 0 aliphatic carbocycles. The molecule has 1 amide bonds. The van der Waals surface area contributed by atoms with E-state index in [9.17, 15) is 9.59 Å². The van der Waals surface area contributed by atoms with E-state index in [1.807, 2.05) is 103 Å². The van der Waals surface area contributed by atoms with Crippen LogP contribution in [0.1, 0.15) is 28.9 Å². The fraction of sp³-hybridized carbons (Fsp3) is 0.108. The lowest BCUT2D eigenvalue weighted by molar-refractivity contribution is -0.116. The molecule has 212 valence electrons. The Bertz CT molecular complexity index is 1920. The minimum Gasteiger partial charge on any atom is -0.326 e. The Kier molecular flexibility index (Phi) is 8.43. The molecule has 1 aromatic heterocycles. The van der Waals surface area contributed by atoms with Crippen LogP contribution in [-0.4, -0.2) is 15.5 Å². The van der Waals surface area contributed by atoms with Crippen LogP contribution in [0.2, 0.25) is 5.02 Å². The molecule has 6 rings (SSSR count). The topological polar surface area (TPSA) is 64.0 Å². The van der Waals surface area contributed by atoms with E-state index in [0.29, 0.717) is 53.2 Å². The van der Waals surface area contributed by atoms with E-state index in [-0.39, 0.29) is 11.5 Å². The monoisotopic (exact) mass is 583 g/mol. The largest absolute Gasteiger partial charge is 0.326 e. The van der Waals surface area contributed by atoms with Crippen molar-refractivity contribution in [2.45, 2.75) is 25.8 Å². The van der Waals surface area contributed by atoms with Gasteiger partial charge in [0.2, 0.25) is 5.91 Å². The number of rotatable bonds is 9. The Balaban J connectivity index is 1.29. The maximum atomic E-state index is 14.0. The van der Waals surface area contributed by atoms with Gasteiger partial charge in [0.25, 0.3) is 5.56 Å². The van der Waals surface area contributed by atoms with Gasteiger partial charge in [-0.25, -0.2) is 4.98 Å². The normalized spacial score (nSPS) is 11.0. The number of nitrogens with one attached hydrogen (secondary N) is 1. The zero-order valence-corrected chi connectivity index (χ0v) is 24.3. The van der Waals surface area contributed by atoms with E-state index in [0.717, 1.165) is 27.8 Å². The van der Waals surface area contributed by atoms with E-state index in [1.54, 1.807) is 16.7 Å². The fourth-order valence-electron chi connectivity index (χ4n) is 5.17. The van der Waals surface area contributed by atoms with E-state index >= 15 is 0 Å². The van der Waals surface area contributed by atoms with Crippen molar-refractivity contribution in [3.8, 4) is 11.1 Å². The van der Waals surface area contributed by atoms with Gasteiger partial charge in [-0.15, -0.1) is 0 Å². The van der Waals surface area contributed by atoms with Crippen molar-refractivity contribution in [2.75, 3.05) is 5.32 Å². The van der Waals surface area contributed by atoms with E-state index in [4.69, 9.17) is 16.6 Å². The summed E-state index contributed by atoms with van der Waals surface area (Å²) >= 11 is 6.06. The van der Waals surface area contributed by atoms with Crippen molar-refractivity contribution in [3.05, 3.63) is 165 Å². The van der Waals surface area contributed by atoms with Crippen LogP contribution in [0, 0.1) is 0 Å². The van der Waals surface area contributed by atoms with Crippen molar-refractivity contribution in [1.82, 2.24) is 9.55 Å². The summed E-state index contributed by atoms with van der Waals surface area (Å²) in [5, 5.41) is 4.12. The Labute approximate surface area is 255 Å². The van der Waals surface area contributed by atoms with Gasteiger partial charge in [0.1, 0.15) is 5.82 Å². The van der Waals surface area contributed by atoms with Crippen LogP contribution in [0.4, 0.5) is 5.69 Å². The summed E-state index contributed by atoms with van der Waals surface area (Å²) < 4.78 is 1.74. The molecule has 0 saturated carbocycles. The van der Waals surface area contributed by atoms with Gasteiger partial charge in [0.15, 0.2) is 0 Å². The second-order valence-corrected chi connectivity index (χ2v) is 11.0. The van der Waals surface area contributed by atoms with Crippen LogP contribution < -0.4 is 10.9 Å². The number of carbonyl (C=O) groups excluding carboxylic acids is 1. The maximum Gasteiger partial charge on any atom is 0.261 e. The number of aryl methyl sites for hydroxylation is 1. The molecule has 0 unspecified atom stereocenters. The Morgan fingerprint density at radius 3 is 2.02 bits per heavy atom. The first-order valence-electron chi connectivity index (χ1n) is 14.3. The van der Waals surface area contributed by atoms with Gasteiger partial charge in [-0.3, -0.25) is 14.2 Å². The summed E-state index contributed by atoms with van der Waals surface area (Å²) in [6.45, 7) is 0.374. The number of nitrogens with zero attached hydrogens (tertiary/aromatic N) is 2. The zero-order valence-electron chi connectivity index (χ0n) is 23.5. The van der Waals surface area contributed by atoms with Crippen LogP contribution in [0.5, 0.6) is 0 Å². The maximum absolute atomic E-state index is 14.0. The molecule has 6 heteroatoms. The predicted octanol–water partition coefficient (Wildman–Crippen LogP) is 7.93. The Hall–Kier alpha value is -5.00. The van der Waals surface area contributed by atoms with Crippen LogP contribution in [0.25, 0.3) is 22.0 Å². The third-order valence-corrected chi connectivity index (χ3v) is 7.73. The molecule has 0 bridgehead atoms. The number of hydrogen-bond donors (Lipinski definition) is 1. The number of hydrogen-bond acceptors (Lipinski definition) is 3. The lowest BCUT2D eigenvalue weighted by atomic mass is 10.0. The molecule has 5 aromatic carbocycles. The molecule has 6 aromatic rings. The first-order valence-corrected chi connectivity index (χ1v) is 14.7. The molecule has 0 aliphatic rings. The number of halogens is 1. The average molecular weight is 584 g/mol. The van der Waals surface area contributed by atoms with Crippen LogP contribution >= 0.6 is 11.6 Å². The van der Waals surface area contributed by atoms with Crippen molar-refractivity contribution < 1.29 is 4.79 Å². The van der Waals surface area contributed by atoms with Crippen molar-refractivity contribution in [3.63, 3.8) is 0 Å². The average Bonchev–Trinajstić information content (AvgIpc) is 3.04. The highest BCUT2D eigenvalue weighted by Crippen LogP contribution is 2.23. The smallest absolute Gasteiger partial charge is 0.261 e. The van der Waals surface area contributed by atoms with Gasteiger partial charge in [0, 0.05) is 23.6 Å². The van der Waals surface area contributed by atoms with Crippen LogP contribution in [0.3, 0.4) is 0 Å². The molecule has 43 heavy (non-hydrogen) atoms. The molecule has 5 nitrogen and oxygen atoms in total. The number of amides is 1. The summed E-state index contributed by atoms with van der Waals surface area (Å²) in [5.41, 5.74) is 6.36. The Morgan fingerprint density at radius 1 is 0.721 bits per heavy atom. The first-order chi connectivity index (χ1) is 21.0. The van der Waals surface area contributed by atoms with Crippen molar-refractivity contribution >= 4 is 34.1 Å². The molecule has 0 fully saturated rings. The van der Waals surface area contributed by atoms with Gasteiger partial charge in [0.05, 0.1) is 17.4 Å². The van der Waals surface area contributed by atoms with Crippen LogP contribution in [-0.2, 0) is 24.2 Å². The second-order valence-electron chi connectivity index (χ2n) is 10.6. The molecule has 0 spiro atoms. The highest BCUT2D eigenvalue weighted by molar-refractivity contribution is 6.30. The van der Waals surface area contributed by atoms with Crippen molar-refractivity contribution in [1.29, 1.82) is 0 Å². The lowest BCUT2D eigenvalue weighted by Gasteiger charge is -2.15. The summed E-state index contributed by atoms with van der Waals surface area (Å²) in [4.78, 5) is 31.6. The first kappa shape index (κ1) is 28.1. The minimum atomic E-state index is -0.141. The molecule has 0 aliphatic heterocycles. The lowest BCUT2D eigenvalue weighted by Crippen LogP contribution is -2.26. The molecular formula is C37H30ClN3O2. The number of carbonyl (C=O) groups is 1. The van der Waals surface area contributed by atoms with Gasteiger partial charge >= 0.3 is 0 Å². The molecule has 0 radical (unpaired) electrons. The molecule has 0 atom stereocenters. The SMILES string of the molecule is O=C(CCc1ccccc1)Nc1ccc2nc(Cc3ccccc3)n(Cc3ccc(-c4ccc(Cl)cc4)cc3)c(=O)c2c1. The van der Waals surface area contributed by atoms with E-state index < -0.39 is 0 Å². The summed E-state index contributed by atoms with van der Waals surface area (Å²) in [6.07, 6.45) is 1.52. The van der Waals surface area contributed by atoms with Gasteiger partial charge in [-0.2, -0.15) is 0 Å². The highest BCUT2D eigenvalue weighted by atomic mass is 35.5. The van der Waals surface area contributed by atoms with Gasteiger partial charge < -0.3 is 5.32 Å². The number of fused-ring (bicyclic) bond motifs is 1. The standard InChI is InChI=1S/C37H30ClN3O2/c38-31-18-16-30(17-19-31)29-14-11-28(12-15-29)25-41-35(23-27-9-5-2-6-10-27)40-34-21-20-32(24-33(34)37(41)43)39-36(42)22-13-26-7-3-1-4-8-26/h1-12,14-21,24H,13,22-23,25H2,(H,39,42). The molecule has 0 saturated heterocycles. The Morgan fingerprint density at radius 2 is 1.35 bits per heavy atom. The van der Waals surface area contributed by atoms with Crippen molar-refractivity contribution in [2.24, 2.45) is 0 Å². The number of anilines is 1. The number of benzene rings is 5.